The van der Waals surface area contributed by atoms with Crippen LogP contribution in [0.15, 0.2) is 54.6 Å². The number of hydrogen-bond acceptors (Lipinski definition) is 3. The standard InChI is InChI=1S/C19H21NO2/c1-14(21)18-12-20(16-6-4-3-5-7-16)13-19(18)15-8-10-17(22-2)11-9-15/h3-11,18-19H,12-13H2,1-2H3/t18-,19-/m0/s1. The Bertz CT molecular complexity index is 636. The molecule has 1 fully saturated rings. The van der Waals surface area contributed by atoms with Gasteiger partial charge in [0.2, 0.25) is 0 Å². The number of para-hydroxylation sites is 1. The fraction of sp³-hybridized carbons (Fsp3) is 0.316. The Labute approximate surface area is 131 Å². The zero-order chi connectivity index (χ0) is 15.5. The van der Waals surface area contributed by atoms with Crippen LogP contribution in [0.1, 0.15) is 18.4 Å². The van der Waals surface area contributed by atoms with E-state index in [1.807, 2.05) is 30.3 Å². The van der Waals surface area contributed by atoms with E-state index in [9.17, 15) is 4.79 Å². The van der Waals surface area contributed by atoms with Crippen LogP contribution in [-0.4, -0.2) is 26.0 Å². The Hall–Kier alpha value is -2.29. The van der Waals surface area contributed by atoms with Crippen LogP contribution in [0.25, 0.3) is 0 Å². The highest BCUT2D eigenvalue weighted by molar-refractivity contribution is 5.81. The number of nitrogens with zero attached hydrogens (tertiary/aromatic N) is 1. The Morgan fingerprint density at radius 1 is 1.05 bits per heavy atom. The minimum absolute atomic E-state index is 0.0496. The van der Waals surface area contributed by atoms with Crippen molar-refractivity contribution in [2.45, 2.75) is 12.8 Å². The number of rotatable bonds is 4. The van der Waals surface area contributed by atoms with Crippen LogP contribution >= 0.6 is 0 Å². The molecule has 3 nitrogen and oxygen atoms in total. The van der Waals surface area contributed by atoms with Gasteiger partial charge in [-0.15, -0.1) is 0 Å². The predicted molar refractivity (Wildman–Crippen MR) is 88.6 cm³/mol. The van der Waals surface area contributed by atoms with E-state index in [-0.39, 0.29) is 17.6 Å². The van der Waals surface area contributed by atoms with Gasteiger partial charge in [-0.2, -0.15) is 0 Å². The Kier molecular flexibility index (Phi) is 4.14. The molecule has 2 aromatic rings. The predicted octanol–water partition coefficient (Wildman–Crippen LogP) is 3.50. The fourth-order valence-corrected chi connectivity index (χ4v) is 3.25. The van der Waals surface area contributed by atoms with Crippen molar-refractivity contribution < 1.29 is 9.53 Å². The molecular weight excluding hydrogens is 274 g/mol. The first-order valence-electron chi connectivity index (χ1n) is 7.63. The van der Waals surface area contributed by atoms with Crippen LogP contribution < -0.4 is 9.64 Å². The van der Waals surface area contributed by atoms with E-state index in [2.05, 4.69) is 29.2 Å². The zero-order valence-electron chi connectivity index (χ0n) is 13.0. The van der Waals surface area contributed by atoms with Gasteiger partial charge in [-0.3, -0.25) is 4.79 Å². The summed E-state index contributed by atoms with van der Waals surface area (Å²) in [5, 5.41) is 0. The molecule has 0 bridgehead atoms. The van der Waals surface area contributed by atoms with E-state index in [0.717, 1.165) is 18.8 Å². The van der Waals surface area contributed by atoms with Crippen molar-refractivity contribution in [3.05, 3.63) is 60.2 Å². The van der Waals surface area contributed by atoms with Gasteiger partial charge in [0.05, 0.1) is 7.11 Å². The van der Waals surface area contributed by atoms with Gasteiger partial charge in [-0.1, -0.05) is 30.3 Å². The number of carbonyl (C=O) groups is 1. The molecule has 1 aliphatic rings. The molecule has 0 spiro atoms. The van der Waals surface area contributed by atoms with E-state index in [0.29, 0.717) is 0 Å². The highest BCUT2D eigenvalue weighted by atomic mass is 16.5. The number of anilines is 1. The van der Waals surface area contributed by atoms with Gasteiger partial charge in [-0.25, -0.2) is 0 Å². The van der Waals surface area contributed by atoms with Gasteiger partial charge < -0.3 is 9.64 Å². The van der Waals surface area contributed by atoms with E-state index in [1.54, 1.807) is 14.0 Å². The van der Waals surface area contributed by atoms with Crippen molar-refractivity contribution in [1.29, 1.82) is 0 Å². The lowest BCUT2D eigenvalue weighted by atomic mass is 9.86. The summed E-state index contributed by atoms with van der Waals surface area (Å²) in [6.07, 6.45) is 0. The molecular formula is C19H21NO2. The van der Waals surface area contributed by atoms with Gasteiger partial charge in [0.25, 0.3) is 0 Å². The topological polar surface area (TPSA) is 29.5 Å². The third-order valence-electron chi connectivity index (χ3n) is 4.51. The first-order valence-corrected chi connectivity index (χ1v) is 7.63. The maximum absolute atomic E-state index is 12.1. The summed E-state index contributed by atoms with van der Waals surface area (Å²) >= 11 is 0. The van der Waals surface area contributed by atoms with Crippen LogP contribution in [0.5, 0.6) is 5.75 Å². The van der Waals surface area contributed by atoms with Crippen molar-refractivity contribution in [3.63, 3.8) is 0 Å². The molecule has 0 N–H and O–H groups in total. The Balaban J connectivity index is 1.86. The first-order chi connectivity index (χ1) is 10.7. The van der Waals surface area contributed by atoms with Crippen LogP contribution in [-0.2, 0) is 4.79 Å². The van der Waals surface area contributed by atoms with E-state index in [1.165, 1.54) is 11.3 Å². The molecule has 1 saturated heterocycles. The molecule has 0 unspecified atom stereocenters. The van der Waals surface area contributed by atoms with E-state index in [4.69, 9.17) is 4.74 Å². The van der Waals surface area contributed by atoms with Crippen molar-refractivity contribution in [2.75, 3.05) is 25.1 Å². The molecule has 0 amide bonds. The number of carbonyl (C=O) groups excluding carboxylic acids is 1. The van der Waals surface area contributed by atoms with Crippen LogP contribution in [0.3, 0.4) is 0 Å². The highest BCUT2D eigenvalue weighted by Crippen LogP contribution is 2.36. The van der Waals surface area contributed by atoms with Gasteiger partial charge in [0, 0.05) is 30.6 Å². The quantitative estimate of drug-likeness (QED) is 0.864. The molecule has 0 saturated carbocycles. The SMILES string of the molecule is COc1ccc([C@@H]2CN(c3ccccc3)C[C@H]2C(C)=O)cc1. The van der Waals surface area contributed by atoms with Crippen molar-refractivity contribution in [2.24, 2.45) is 5.92 Å². The normalized spacial score (nSPS) is 20.9. The smallest absolute Gasteiger partial charge is 0.135 e. The molecule has 1 aliphatic heterocycles. The van der Waals surface area contributed by atoms with E-state index < -0.39 is 0 Å². The molecule has 2 aromatic carbocycles. The number of benzene rings is 2. The maximum Gasteiger partial charge on any atom is 0.135 e. The molecule has 3 heteroatoms. The second-order valence-corrected chi connectivity index (χ2v) is 5.84. The molecule has 2 atom stereocenters. The van der Waals surface area contributed by atoms with E-state index >= 15 is 0 Å². The Morgan fingerprint density at radius 2 is 1.73 bits per heavy atom. The van der Waals surface area contributed by atoms with Gasteiger partial charge >= 0.3 is 0 Å². The average Bonchev–Trinajstić information content (AvgIpc) is 3.01. The van der Waals surface area contributed by atoms with Crippen molar-refractivity contribution in [3.8, 4) is 5.75 Å². The maximum atomic E-state index is 12.1. The number of methoxy groups -OCH3 is 1. The molecule has 22 heavy (non-hydrogen) atoms. The summed E-state index contributed by atoms with van der Waals surface area (Å²) in [6, 6.07) is 18.4. The van der Waals surface area contributed by atoms with Crippen molar-refractivity contribution in [1.82, 2.24) is 0 Å². The third kappa shape index (κ3) is 2.84. The number of ketones is 1. The fourth-order valence-electron chi connectivity index (χ4n) is 3.25. The summed E-state index contributed by atoms with van der Waals surface area (Å²) in [5.74, 6) is 1.40. The molecule has 0 aromatic heterocycles. The number of Topliss-reactive ketones (excluding diaryl/α,β-unsaturated/α-hetero) is 1. The average molecular weight is 295 g/mol. The van der Waals surface area contributed by atoms with Gasteiger partial charge in [0.15, 0.2) is 0 Å². The second-order valence-electron chi connectivity index (χ2n) is 5.84. The van der Waals surface area contributed by atoms with Gasteiger partial charge in [-0.05, 0) is 36.8 Å². The van der Waals surface area contributed by atoms with Crippen LogP contribution in [0, 0.1) is 5.92 Å². The summed E-state index contributed by atoms with van der Waals surface area (Å²) in [7, 11) is 1.67. The minimum Gasteiger partial charge on any atom is -0.497 e. The number of hydrogen-bond donors (Lipinski definition) is 0. The highest BCUT2D eigenvalue weighted by Gasteiger charge is 2.36. The van der Waals surface area contributed by atoms with Crippen LogP contribution in [0.4, 0.5) is 5.69 Å². The monoisotopic (exact) mass is 295 g/mol. The number of ether oxygens (including phenoxy) is 1. The zero-order valence-corrected chi connectivity index (χ0v) is 13.0. The third-order valence-corrected chi connectivity index (χ3v) is 4.51. The van der Waals surface area contributed by atoms with Crippen LogP contribution in [0.2, 0.25) is 0 Å². The Morgan fingerprint density at radius 3 is 2.32 bits per heavy atom. The van der Waals surface area contributed by atoms with Crippen molar-refractivity contribution >= 4 is 11.5 Å². The second kappa shape index (κ2) is 6.22. The lowest BCUT2D eigenvalue weighted by molar-refractivity contribution is -0.120. The molecule has 0 aliphatic carbocycles. The minimum atomic E-state index is 0.0496. The molecule has 0 radical (unpaired) electrons. The van der Waals surface area contributed by atoms with Gasteiger partial charge in [0.1, 0.15) is 11.5 Å². The molecule has 3 rings (SSSR count). The lowest BCUT2D eigenvalue weighted by Gasteiger charge is -2.18. The summed E-state index contributed by atoms with van der Waals surface area (Å²) in [4.78, 5) is 14.4. The summed E-state index contributed by atoms with van der Waals surface area (Å²) < 4.78 is 5.22. The summed E-state index contributed by atoms with van der Waals surface area (Å²) in [6.45, 7) is 3.37. The lowest BCUT2D eigenvalue weighted by Crippen LogP contribution is -2.21. The summed E-state index contributed by atoms with van der Waals surface area (Å²) in [5.41, 5.74) is 2.39. The molecule has 1 heterocycles. The molecule has 114 valence electrons. The first kappa shape index (κ1) is 14.6. The largest absolute Gasteiger partial charge is 0.497 e.